The van der Waals surface area contributed by atoms with Crippen molar-refractivity contribution in [2.45, 2.75) is 6.54 Å². The Morgan fingerprint density at radius 3 is 2.50 bits per heavy atom. The molecule has 10 heteroatoms. The maximum absolute atomic E-state index is 13.9. The quantitative estimate of drug-likeness (QED) is 0.317. The predicted octanol–water partition coefficient (Wildman–Crippen LogP) is 3.72. The van der Waals surface area contributed by atoms with Gasteiger partial charge in [0.05, 0.1) is 5.56 Å². The number of nitrogens with zero attached hydrogens (tertiary/aromatic N) is 3. The summed E-state index contributed by atoms with van der Waals surface area (Å²) in [5.41, 5.74) is 7.32. The third-order valence-corrected chi connectivity index (χ3v) is 4.73. The van der Waals surface area contributed by atoms with E-state index < -0.39 is 5.91 Å². The van der Waals surface area contributed by atoms with Gasteiger partial charge in [0, 0.05) is 35.9 Å². The van der Waals surface area contributed by atoms with E-state index in [4.69, 9.17) is 5.73 Å². The third kappa shape index (κ3) is 5.49. The van der Waals surface area contributed by atoms with Gasteiger partial charge in [-0.15, -0.1) is 0 Å². The smallest absolute Gasteiger partial charge is 0.274 e. The van der Waals surface area contributed by atoms with Gasteiger partial charge in [-0.2, -0.15) is 4.98 Å². The van der Waals surface area contributed by atoms with Gasteiger partial charge >= 0.3 is 0 Å². The Morgan fingerprint density at radius 1 is 0.941 bits per heavy atom. The number of carbonyl (C=O) groups is 2. The highest BCUT2D eigenvalue weighted by Gasteiger charge is 2.13. The Morgan fingerprint density at radius 2 is 1.74 bits per heavy atom. The molecule has 2 heterocycles. The third-order valence-electron chi connectivity index (χ3n) is 4.73. The molecule has 0 fully saturated rings. The van der Waals surface area contributed by atoms with Crippen molar-refractivity contribution in [3.8, 4) is 0 Å². The summed E-state index contributed by atoms with van der Waals surface area (Å²) in [5.74, 6) is -1.11. The van der Waals surface area contributed by atoms with Gasteiger partial charge in [-0.3, -0.25) is 14.6 Å². The zero-order valence-electron chi connectivity index (χ0n) is 17.8. The van der Waals surface area contributed by atoms with Crippen LogP contribution in [0.4, 0.5) is 27.5 Å². The number of nitrogens with one attached hydrogen (secondary N) is 3. The van der Waals surface area contributed by atoms with Gasteiger partial charge in [0.1, 0.15) is 17.3 Å². The second kappa shape index (κ2) is 10.2. The molecule has 34 heavy (non-hydrogen) atoms. The molecule has 0 aliphatic carbocycles. The zero-order chi connectivity index (χ0) is 23.9. The number of amides is 2. The maximum Gasteiger partial charge on any atom is 0.274 e. The number of benzene rings is 2. The van der Waals surface area contributed by atoms with Crippen LogP contribution in [0.2, 0.25) is 0 Å². The summed E-state index contributed by atoms with van der Waals surface area (Å²) in [6, 6.07) is 18.3. The van der Waals surface area contributed by atoms with Gasteiger partial charge in [0.15, 0.2) is 0 Å². The number of nitrogens with two attached hydrogens (primary N) is 1. The average molecular weight is 457 g/mol. The van der Waals surface area contributed by atoms with Gasteiger partial charge < -0.3 is 21.7 Å². The maximum atomic E-state index is 13.9. The highest BCUT2D eigenvalue weighted by molar-refractivity contribution is 6.03. The first-order chi connectivity index (χ1) is 16.5. The second-order valence-electron chi connectivity index (χ2n) is 7.14. The number of primary amides is 1. The molecule has 170 valence electrons. The lowest BCUT2D eigenvalue weighted by atomic mass is 10.2. The second-order valence-corrected chi connectivity index (χ2v) is 7.14. The molecule has 2 aromatic heterocycles. The number of hydrogen-bond donors (Lipinski definition) is 4. The molecule has 0 saturated heterocycles. The molecule has 0 spiro atoms. The van der Waals surface area contributed by atoms with Crippen LogP contribution in [0.3, 0.4) is 0 Å². The van der Waals surface area contributed by atoms with Crippen molar-refractivity contribution in [3.63, 3.8) is 0 Å². The minimum absolute atomic E-state index is 0.0678. The van der Waals surface area contributed by atoms with Gasteiger partial charge in [0.2, 0.25) is 5.95 Å². The summed E-state index contributed by atoms with van der Waals surface area (Å²) >= 11 is 0. The van der Waals surface area contributed by atoms with E-state index in [2.05, 4.69) is 30.9 Å². The number of pyridine rings is 1. The van der Waals surface area contributed by atoms with E-state index >= 15 is 0 Å². The lowest BCUT2D eigenvalue weighted by Gasteiger charge is -2.12. The van der Waals surface area contributed by atoms with Crippen molar-refractivity contribution in [2.24, 2.45) is 5.73 Å². The van der Waals surface area contributed by atoms with Crippen LogP contribution in [0.25, 0.3) is 0 Å². The summed E-state index contributed by atoms with van der Waals surface area (Å²) in [7, 11) is 0. The Bertz CT molecular complexity index is 1330. The van der Waals surface area contributed by atoms with Crippen molar-refractivity contribution in [1.29, 1.82) is 0 Å². The predicted molar refractivity (Wildman–Crippen MR) is 126 cm³/mol. The molecule has 9 nitrogen and oxygen atoms in total. The van der Waals surface area contributed by atoms with Crippen LogP contribution in [0.15, 0.2) is 79.1 Å². The summed E-state index contributed by atoms with van der Waals surface area (Å²) < 4.78 is 13.9. The zero-order valence-corrected chi connectivity index (χ0v) is 17.8. The van der Waals surface area contributed by atoms with E-state index in [0.717, 1.165) is 0 Å². The SMILES string of the molecule is NC(=O)c1cnc(Nc2cccc(NC(=O)c3ccccn3)c2)nc1NCc1ccccc1F. The van der Waals surface area contributed by atoms with Crippen LogP contribution < -0.4 is 21.7 Å². The standard InChI is InChI=1S/C24H20FN7O2/c25-19-9-2-1-6-15(19)13-28-22-18(21(26)33)14-29-24(32-22)31-17-8-5-7-16(12-17)30-23(34)20-10-3-4-11-27-20/h1-12,14H,13H2,(H2,26,33)(H,30,34)(H2,28,29,31,32). The number of halogens is 1. The molecule has 5 N–H and O–H groups in total. The van der Waals surface area contributed by atoms with E-state index in [9.17, 15) is 14.0 Å². The van der Waals surface area contributed by atoms with Crippen LogP contribution in [0, 0.1) is 5.82 Å². The minimum Gasteiger partial charge on any atom is -0.365 e. The molecular formula is C24H20FN7O2. The average Bonchev–Trinajstić information content (AvgIpc) is 2.84. The molecule has 0 aliphatic rings. The molecule has 4 aromatic rings. The van der Waals surface area contributed by atoms with Crippen molar-refractivity contribution < 1.29 is 14.0 Å². The first kappa shape index (κ1) is 22.3. The largest absolute Gasteiger partial charge is 0.365 e. The summed E-state index contributed by atoms with van der Waals surface area (Å²) in [6.45, 7) is 0.0957. The first-order valence-electron chi connectivity index (χ1n) is 10.2. The Hall–Kier alpha value is -4.86. The number of hydrogen-bond acceptors (Lipinski definition) is 7. The molecule has 0 aliphatic heterocycles. The van der Waals surface area contributed by atoms with Gasteiger partial charge in [-0.25, -0.2) is 9.37 Å². The van der Waals surface area contributed by atoms with E-state index in [1.165, 1.54) is 18.5 Å². The fraction of sp³-hybridized carbons (Fsp3) is 0.0417. The van der Waals surface area contributed by atoms with Gasteiger partial charge in [0.25, 0.3) is 11.8 Å². The molecule has 2 aromatic carbocycles. The van der Waals surface area contributed by atoms with Crippen molar-refractivity contribution in [2.75, 3.05) is 16.0 Å². The van der Waals surface area contributed by atoms with E-state index in [1.54, 1.807) is 60.7 Å². The summed E-state index contributed by atoms with van der Waals surface area (Å²) in [6.07, 6.45) is 2.83. The van der Waals surface area contributed by atoms with Crippen LogP contribution >= 0.6 is 0 Å². The summed E-state index contributed by atoms with van der Waals surface area (Å²) in [5, 5.41) is 8.73. The monoisotopic (exact) mass is 457 g/mol. The Kier molecular flexibility index (Phi) is 6.68. The molecule has 0 atom stereocenters. The summed E-state index contributed by atoms with van der Waals surface area (Å²) in [4.78, 5) is 36.6. The van der Waals surface area contributed by atoms with Crippen LogP contribution in [0.1, 0.15) is 26.4 Å². The molecule has 4 rings (SSSR count). The number of rotatable bonds is 8. The fourth-order valence-corrected chi connectivity index (χ4v) is 3.07. The molecule has 2 amide bonds. The normalized spacial score (nSPS) is 10.4. The first-order valence-corrected chi connectivity index (χ1v) is 10.2. The highest BCUT2D eigenvalue weighted by atomic mass is 19.1. The topological polar surface area (TPSA) is 135 Å². The number of anilines is 4. The Labute approximate surface area is 194 Å². The molecule has 0 saturated carbocycles. The highest BCUT2D eigenvalue weighted by Crippen LogP contribution is 2.21. The van der Waals surface area contributed by atoms with Crippen LogP contribution in [-0.4, -0.2) is 26.8 Å². The molecule has 0 unspecified atom stereocenters. The van der Waals surface area contributed by atoms with Crippen molar-refractivity contribution >= 4 is 35.0 Å². The van der Waals surface area contributed by atoms with E-state index in [1.807, 2.05) is 0 Å². The number of carbonyl (C=O) groups excluding carboxylic acids is 2. The lowest BCUT2D eigenvalue weighted by molar-refractivity contribution is 0.0997. The minimum atomic E-state index is -0.721. The molecule has 0 radical (unpaired) electrons. The van der Waals surface area contributed by atoms with Crippen LogP contribution in [-0.2, 0) is 6.54 Å². The fourth-order valence-electron chi connectivity index (χ4n) is 3.07. The molecular weight excluding hydrogens is 437 g/mol. The van der Waals surface area contributed by atoms with E-state index in [0.29, 0.717) is 16.9 Å². The van der Waals surface area contributed by atoms with Crippen LogP contribution in [0.5, 0.6) is 0 Å². The molecule has 0 bridgehead atoms. The lowest BCUT2D eigenvalue weighted by Crippen LogP contribution is -2.17. The van der Waals surface area contributed by atoms with Crippen molar-refractivity contribution in [1.82, 2.24) is 15.0 Å². The van der Waals surface area contributed by atoms with E-state index in [-0.39, 0.29) is 41.3 Å². The number of aromatic nitrogens is 3. The Balaban J connectivity index is 1.50. The van der Waals surface area contributed by atoms with Crippen molar-refractivity contribution in [3.05, 3.63) is 102 Å². The van der Waals surface area contributed by atoms with Gasteiger partial charge in [-0.1, -0.05) is 30.3 Å². The van der Waals surface area contributed by atoms with Gasteiger partial charge in [-0.05, 0) is 36.4 Å².